The molecule has 0 unspecified atom stereocenters. The molecule has 0 aliphatic carbocycles. The Hall–Kier alpha value is -2.87. The molecule has 0 spiro atoms. The van der Waals surface area contributed by atoms with Crippen LogP contribution in [0, 0.1) is 13.8 Å². The Kier molecular flexibility index (Phi) is 6.47. The number of fused-ring (bicyclic) bond motifs is 1. The average Bonchev–Trinajstić information content (AvgIpc) is 3.13. The molecule has 0 saturated carbocycles. The van der Waals surface area contributed by atoms with Crippen molar-refractivity contribution in [3.63, 3.8) is 0 Å². The zero-order chi connectivity index (χ0) is 23.8. The molecule has 2 nitrogen and oxygen atoms in total. The first-order chi connectivity index (χ1) is 15.7. The summed E-state index contributed by atoms with van der Waals surface area (Å²) >= 11 is 0. The molecule has 0 radical (unpaired) electrons. The third kappa shape index (κ3) is 4.49. The molecule has 2 aromatic carbocycles. The van der Waals surface area contributed by atoms with Crippen LogP contribution in [0.4, 0.5) is 0 Å². The monoisotopic (exact) mass is 438 g/mol. The Morgan fingerprint density at radius 1 is 0.727 bits per heavy atom. The lowest BCUT2D eigenvalue weighted by atomic mass is 9.84. The average molecular weight is 439 g/mol. The van der Waals surface area contributed by atoms with Gasteiger partial charge in [0.2, 0.25) is 0 Å². The number of benzene rings is 2. The summed E-state index contributed by atoms with van der Waals surface area (Å²) in [6.07, 6.45) is 4.18. The normalized spacial score (nSPS) is 12.0. The molecule has 0 fully saturated rings. The summed E-state index contributed by atoms with van der Waals surface area (Å²) in [6.45, 7) is 15.7. The van der Waals surface area contributed by atoms with Crippen LogP contribution in [0.2, 0.25) is 0 Å². The van der Waals surface area contributed by atoms with Gasteiger partial charge < -0.3 is 4.98 Å². The summed E-state index contributed by atoms with van der Waals surface area (Å²) < 4.78 is 0. The second-order valence-electron chi connectivity index (χ2n) is 10.5. The predicted molar refractivity (Wildman–Crippen MR) is 143 cm³/mol. The van der Waals surface area contributed by atoms with Crippen molar-refractivity contribution in [2.75, 3.05) is 0 Å². The first-order valence-electron chi connectivity index (χ1n) is 12.5. The second-order valence-corrected chi connectivity index (χ2v) is 10.5. The Labute approximate surface area is 199 Å². The first-order valence-corrected chi connectivity index (χ1v) is 12.5. The first kappa shape index (κ1) is 23.3. The Bertz CT molecular complexity index is 1250. The highest BCUT2D eigenvalue weighted by atomic mass is 14.8. The molecule has 172 valence electrons. The fraction of sp³-hybridized carbons (Fsp3) is 0.387. The SMILES string of the molecule is CCCc1nc(C(C)(C)C)c2c(-c3ccc(C)cc3)c(CCC)[nH]c2c1-c1ccc(C)cc1. The van der Waals surface area contributed by atoms with Crippen LogP contribution < -0.4 is 0 Å². The molecule has 0 aliphatic rings. The molecule has 1 N–H and O–H groups in total. The van der Waals surface area contributed by atoms with Gasteiger partial charge in [0.25, 0.3) is 0 Å². The van der Waals surface area contributed by atoms with Crippen molar-refractivity contribution < 1.29 is 0 Å². The molecular formula is C31H38N2. The van der Waals surface area contributed by atoms with Gasteiger partial charge >= 0.3 is 0 Å². The lowest BCUT2D eigenvalue weighted by molar-refractivity contribution is 0.572. The third-order valence-electron chi connectivity index (χ3n) is 6.48. The number of aromatic nitrogens is 2. The van der Waals surface area contributed by atoms with Gasteiger partial charge in [0, 0.05) is 27.6 Å². The standard InChI is InChI=1S/C31H38N2/c1-8-10-24-26(22-16-12-20(3)13-17-22)28-29(32-24)27(23-18-14-21(4)15-19-23)25(11-9-2)33-30(28)31(5,6)7/h12-19,32H,8-11H2,1-7H3. The Morgan fingerprint density at radius 3 is 1.73 bits per heavy atom. The number of pyridine rings is 1. The fourth-order valence-electron chi connectivity index (χ4n) is 4.84. The highest BCUT2D eigenvalue weighted by Gasteiger charge is 2.28. The summed E-state index contributed by atoms with van der Waals surface area (Å²) in [5.74, 6) is 0. The van der Waals surface area contributed by atoms with Gasteiger partial charge in [-0.05, 0) is 37.8 Å². The number of H-pyrrole nitrogens is 1. The van der Waals surface area contributed by atoms with Crippen molar-refractivity contribution in [1.82, 2.24) is 9.97 Å². The molecule has 4 rings (SSSR count). The van der Waals surface area contributed by atoms with Gasteiger partial charge in [-0.1, -0.05) is 107 Å². The maximum absolute atomic E-state index is 5.42. The zero-order valence-electron chi connectivity index (χ0n) is 21.4. The van der Waals surface area contributed by atoms with Gasteiger partial charge in [-0.2, -0.15) is 0 Å². The van der Waals surface area contributed by atoms with Crippen LogP contribution in [0.3, 0.4) is 0 Å². The molecule has 4 aromatic rings. The van der Waals surface area contributed by atoms with E-state index in [4.69, 9.17) is 4.98 Å². The number of nitrogens with one attached hydrogen (secondary N) is 1. The highest BCUT2D eigenvalue weighted by Crippen LogP contribution is 2.44. The van der Waals surface area contributed by atoms with Crippen LogP contribution in [0.1, 0.15) is 75.7 Å². The van der Waals surface area contributed by atoms with E-state index in [0.717, 1.165) is 25.7 Å². The molecule has 0 amide bonds. The molecule has 0 aliphatic heterocycles. The summed E-state index contributed by atoms with van der Waals surface area (Å²) in [6, 6.07) is 17.9. The number of hydrogen-bond donors (Lipinski definition) is 1. The van der Waals surface area contributed by atoms with Gasteiger partial charge in [-0.15, -0.1) is 0 Å². The van der Waals surface area contributed by atoms with Crippen molar-refractivity contribution in [3.05, 3.63) is 76.7 Å². The van der Waals surface area contributed by atoms with Gasteiger partial charge in [0.05, 0.1) is 16.9 Å². The van der Waals surface area contributed by atoms with E-state index >= 15 is 0 Å². The molecule has 0 atom stereocenters. The summed E-state index contributed by atoms with van der Waals surface area (Å²) in [4.78, 5) is 9.35. The highest BCUT2D eigenvalue weighted by molar-refractivity contribution is 6.06. The van der Waals surface area contributed by atoms with Crippen LogP contribution >= 0.6 is 0 Å². The van der Waals surface area contributed by atoms with E-state index in [0.29, 0.717) is 0 Å². The van der Waals surface area contributed by atoms with Crippen molar-refractivity contribution in [3.8, 4) is 22.3 Å². The third-order valence-corrected chi connectivity index (χ3v) is 6.48. The largest absolute Gasteiger partial charge is 0.357 e. The van der Waals surface area contributed by atoms with E-state index < -0.39 is 0 Å². The van der Waals surface area contributed by atoms with Gasteiger partial charge in [0.15, 0.2) is 0 Å². The van der Waals surface area contributed by atoms with Gasteiger partial charge in [-0.3, -0.25) is 4.98 Å². The second kappa shape index (κ2) is 9.17. The van der Waals surface area contributed by atoms with Crippen LogP contribution in [-0.2, 0) is 18.3 Å². The molecule has 2 heteroatoms. The van der Waals surface area contributed by atoms with E-state index in [2.05, 4.69) is 102 Å². The minimum absolute atomic E-state index is 0.0579. The number of rotatable bonds is 6. The molecule has 2 heterocycles. The summed E-state index contributed by atoms with van der Waals surface area (Å²) in [5.41, 5.74) is 12.6. The topological polar surface area (TPSA) is 28.7 Å². The molecule has 0 bridgehead atoms. The molecule has 0 saturated heterocycles. The van der Waals surface area contributed by atoms with Gasteiger partial charge in [0.1, 0.15) is 0 Å². The van der Waals surface area contributed by atoms with E-state index in [1.165, 1.54) is 61.4 Å². The minimum Gasteiger partial charge on any atom is -0.357 e. The molecule has 2 aromatic heterocycles. The van der Waals surface area contributed by atoms with E-state index in [1.54, 1.807) is 0 Å². The van der Waals surface area contributed by atoms with Crippen LogP contribution in [0.25, 0.3) is 33.2 Å². The lowest BCUT2D eigenvalue weighted by Crippen LogP contribution is -2.16. The predicted octanol–water partition coefficient (Wildman–Crippen LogP) is 8.72. The van der Waals surface area contributed by atoms with Crippen LogP contribution in [-0.4, -0.2) is 9.97 Å². The summed E-state index contributed by atoms with van der Waals surface area (Å²) in [7, 11) is 0. The van der Waals surface area contributed by atoms with E-state index in [1.807, 2.05) is 0 Å². The molecule has 33 heavy (non-hydrogen) atoms. The van der Waals surface area contributed by atoms with Crippen molar-refractivity contribution in [2.24, 2.45) is 0 Å². The lowest BCUT2D eigenvalue weighted by Gasteiger charge is -2.23. The van der Waals surface area contributed by atoms with E-state index in [-0.39, 0.29) is 5.41 Å². The van der Waals surface area contributed by atoms with Crippen molar-refractivity contribution in [1.29, 1.82) is 0 Å². The fourth-order valence-corrected chi connectivity index (χ4v) is 4.84. The van der Waals surface area contributed by atoms with Gasteiger partial charge in [-0.25, -0.2) is 0 Å². The van der Waals surface area contributed by atoms with E-state index in [9.17, 15) is 0 Å². The van der Waals surface area contributed by atoms with Crippen molar-refractivity contribution in [2.45, 2.75) is 79.6 Å². The molecular weight excluding hydrogens is 400 g/mol. The number of aromatic amines is 1. The Morgan fingerprint density at radius 2 is 1.24 bits per heavy atom. The van der Waals surface area contributed by atoms with Crippen LogP contribution in [0.15, 0.2) is 48.5 Å². The minimum atomic E-state index is -0.0579. The smallest absolute Gasteiger partial charge is 0.0579 e. The van der Waals surface area contributed by atoms with Crippen LogP contribution in [0.5, 0.6) is 0 Å². The quantitative estimate of drug-likeness (QED) is 0.320. The number of hydrogen-bond acceptors (Lipinski definition) is 1. The zero-order valence-corrected chi connectivity index (χ0v) is 21.4. The Balaban J connectivity index is 2.17. The summed E-state index contributed by atoms with van der Waals surface area (Å²) in [5, 5.41) is 1.30. The maximum Gasteiger partial charge on any atom is 0.0579 e. The number of nitrogens with zero attached hydrogens (tertiary/aromatic N) is 1. The van der Waals surface area contributed by atoms with Crippen molar-refractivity contribution >= 4 is 10.9 Å². The number of aryl methyl sites for hydroxylation is 4. The maximum atomic E-state index is 5.42.